The van der Waals surface area contributed by atoms with Gasteiger partial charge in [0.15, 0.2) is 0 Å². The Morgan fingerprint density at radius 3 is 2.24 bits per heavy atom. The first-order valence-corrected chi connectivity index (χ1v) is 8.20. The smallest absolute Gasteiger partial charge is 0.119 e. The van der Waals surface area contributed by atoms with Crippen molar-refractivity contribution in [1.29, 1.82) is 0 Å². The average Bonchev–Trinajstić information content (AvgIpc) is 2.79. The summed E-state index contributed by atoms with van der Waals surface area (Å²) in [5.41, 5.74) is 0.446. The van der Waals surface area contributed by atoms with Crippen LogP contribution in [0.2, 0.25) is 0 Å². The lowest BCUT2D eigenvalue weighted by Crippen LogP contribution is -2.36. The molecule has 2 nitrogen and oxygen atoms in total. The second-order valence-corrected chi connectivity index (χ2v) is 5.70. The molecule has 0 fully saturated rings. The van der Waals surface area contributed by atoms with Crippen LogP contribution in [0.25, 0.3) is 0 Å². The zero-order valence-electron chi connectivity index (χ0n) is 21.1. The molecular formula is C23H25NO. The summed E-state index contributed by atoms with van der Waals surface area (Å²) in [5, 5.41) is 0. The molecule has 0 aliphatic heterocycles. The number of hydrogen-bond acceptors (Lipinski definition) is 2. The summed E-state index contributed by atoms with van der Waals surface area (Å²) in [6.07, 6.45) is 0. The molecule has 3 aromatic rings. The van der Waals surface area contributed by atoms with E-state index in [1.54, 1.807) is 19.1 Å². The highest BCUT2D eigenvalue weighted by Crippen LogP contribution is 2.15. The molecule has 0 bridgehead atoms. The van der Waals surface area contributed by atoms with Gasteiger partial charge in [0.05, 0.1) is 6.85 Å². The molecule has 0 aliphatic carbocycles. The first-order valence-electron chi connectivity index (χ1n) is 11.7. The molecule has 2 heteroatoms. The summed E-state index contributed by atoms with van der Waals surface area (Å²) in [7, 11) is 0. The minimum Gasteiger partial charge on any atom is -0.492 e. The van der Waals surface area contributed by atoms with E-state index in [0.717, 1.165) is 5.56 Å². The van der Waals surface area contributed by atoms with Crippen molar-refractivity contribution >= 4 is 0 Å². The lowest BCUT2D eigenvalue weighted by Gasteiger charge is -2.29. The minimum atomic E-state index is -2.36. The van der Waals surface area contributed by atoms with Crippen LogP contribution in [0.15, 0.2) is 90.9 Å². The fraction of sp³-hybridized carbons (Fsp3) is 0.217. The monoisotopic (exact) mass is 338 g/mol. The van der Waals surface area contributed by atoms with E-state index < -0.39 is 42.8 Å². The van der Waals surface area contributed by atoms with Crippen molar-refractivity contribution in [3.63, 3.8) is 0 Å². The maximum Gasteiger partial charge on any atom is 0.119 e. The molecule has 1 unspecified atom stereocenters. The zero-order chi connectivity index (χ0) is 23.5. The molecular weight excluding hydrogens is 306 g/mol. The lowest BCUT2D eigenvalue weighted by molar-refractivity contribution is 0.132. The molecule has 0 N–H and O–H groups in total. The number of ether oxygens (including phenoxy) is 1. The highest BCUT2D eigenvalue weighted by Gasteiger charge is 2.15. The van der Waals surface area contributed by atoms with E-state index in [4.69, 9.17) is 14.3 Å². The van der Waals surface area contributed by atoms with Gasteiger partial charge in [-0.25, -0.2) is 0 Å². The van der Waals surface area contributed by atoms with Gasteiger partial charge in [0.25, 0.3) is 0 Å². The van der Waals surface area contributed by atoms with Gasteiger partial charge in [0, 0.05) is 21.8 Å². The SMILES string of the molecule is [2H]c1c([2H])c([2H])c(C([2H])([2H])N(Cc2ccccc2)C(C)COc2ccccc2)c([2H])c1[2H]. The summed E-state index contributed by atoms with van der Waals surface area (Å²) < 4.78 is 63.9. The van der Waals surface area contributed by atoms with Crippen LogP contribution in [-0.2, 0) is 13.0 Å². The molecule has 25 heavy (non-hydrogen) atoms. The number of nitrogens with zero attached hydrogens (tertiary/aromatic N) is 1. The highest BCUT2D eigenvalue weighted by molar-refractivity contribution is 5.21. The van der Waals surface area contributed by atoms with Crippen LogP contribution in [0.1, 0.15) is 27.6 Å². The Kier molecular flexibility index (Phi) is 3.77. The fourth-order valence-corrected chi connectivity index (χ4v) is 2.36. The normalized spacial score (nSPS) is 16.6. The van der Waals surface area contributed by atoms with Gasteiger partial charge in [0.2, 0.25) is 0 Å². The molecule has 0 aliphatic rings. The van der Waals surface area contributed by atoms with Crippen LogP contribution in [-0.4, -0.2) is 17.5 Å². The third-order valence-electron chi connectivity index (χ3n) is 3.72. The Balaban J connectivity index is 2.02. The quantitative estimate of drug-likeness (QED) is 0.563. The summed E-state index contributed by atoms with van der Waals surface area (Å²) in [5.74, 6) is 0.641. The Labute approximate surface area is 160 Å². The number of para-hydroxylation sites is 1. The van der Waals surface area contributed by atoms with Crippen molar-refractivity contribution in [3.05, 3.63) is 102 Å². The molecule has 0 saturated heterocycles. The maximum atomic E-state index is 8.90. The van der Waals surface area contributed by atoms with Crippen molar-refractivity contribution in [2.24, 2.45) is 0 Å². The van der Waals surface area contributed by atoms with Gasteiger partial charge in [0.1, 0.15) is 12.4 Å². The number of benzene rings is 3. The van der Waals surface area contributed by atoms with E-state index >= 15 is 0 Å². The zero-order valence-corrected chi connectivity index (χ0v) is 14.1. The van der Waals surface area contributed by atoms with Crippen LogP contribution in [0.4, 0.5) is 0 Å². The lowest BCUT2D eigenvalue weighted by atomic mass is 10.1. The summed E-state index contributed by atoms with van der Waals surface area (Å²) in [6.45, 7) is -0.258. The largest absolute Gasteiger partial charge is 0.492 e. The standard InChI is InChI=1S/C23H25NO/c1-20(19-25-23-15-9-4-10-16-23)24(17-21-11-5-2-6-12-21)18-22-13-7-3-8-14-22/h2-16,20H,17-19H2,1H3/i2D,5D,6D,11D,12D,17D2. The van der Waals surface area contributed by atoms with Crippen LogP contribution in [0.3, 0.4) is 0 Å². The Hall–Kier alpha value is -2.58. The van der Waals surface area contributed by atoms with E-state index in [-0.39, 0.29) is 18.7 Å². The first-order chi connectivity index (χ1) is 15.1. The average molecular weight is 339 g/mol. The van der Waals surface area contributed by atoms with Crippen LogP contribution in [0.5, 0.6) is 5.75 Å². The molecule has 1 atom stereocenters. The Bertz CT molecular complexity index is 1030. The van der Waals surface area contributed by atoms with E-state index in [2.05, 4.69) is 0 Å². The number of hydrogen-bond donors (Lipinski definition) is 0. The molecule has 3 aromatic carbocycles. The fourth-order valence-electron chi connectivity index (χ4n) is 2.36. The van der Waals surface area contributed by atoms with Gasteiger partial charge in [-0.05, 0) is 30.2 Å². The van der Waals surface area contributed by atoms with Crippen molar-refractivity contribution in [2.45, 2.75) is 26.0 Å². The second kappa shape index (κ2) is 9.05. The van der Waals surface area contributed by atoms with E-state index in [1.165, 1.54) is 4.90 Å². The molecule has 0 aromatic heterocycles. The highest BCUT2D eigenvalue weighted by atomic mass is 16.5. The van der Waals surface area contributed by atoms with Crippen molar-refractivity contribution in [3.8, 4) is 5.75 Å². The van der Waals surface area contributed by atoms with E-state index in [1.807, 2.05) is 48.5 Å². The molecule has 3 rings (SSSR count). The third kappa shape index (κ3) is 5.47. The minimum absolute atomic E-state index is 0.148. The second-order valence-electron chi connectivity index (χ2n) is 5.70. The predicted molar refractivity (Wildman–Crippen MR) is 104 cm³/mol. The van der Waals surface area contributed by atoms with Crippen LogP contribution in [0, 0.1) is 0 Å². The van der Waals surface area contributed by atoms with Crippen LogP contribution >= 0.6 is 0 Å². The Morgan fingerprint density at radius 1 is 0.920 bits per heavy atom. The van der Waals surface area contributed by atoms with Gasteiger partial charge >= 0.3 is 0 Å². The topological polar surface area (TPSA) is 12.5 Å². The molecule has 0 spiro atoms. The summed E-state index contributed by atoms with van der Waals surface area (Å²) in [6, 6.07) is 15.2. The molecule has 0 heterocycles. The summed E-state index contributed by atoms with van der Waals surface area (Å²) >= 11 is 0. The van der Waals surface area contributed by atoms with Crippen molar-refractivity contribution in [2.75, 3.05) is 6.61 Å². The van der Waals surface area contributed by atoms with Crippen molar-refractivity contribution in [1.82, 2.24) is 4.90 Å². The van der Waals surface area contributed by atoms with Crippen molar-refractivity contribution < 1.29 is 14.3 Å². The Morgan fingerprint density at radius 2 is 1.56 bits per heavy atom. The maximum absolute atomic E-state index is 8.90. The van der Waals surface area contributed by atoms with Gasteiger partial charge in [-0.2, -0.15) is 0 Å². The molecule has 0 amide bonds. The molecule has 0 saturated carbocycles. The van der Waals surface area contributed by atoms with Gasteiger partial charge in [-0.3, -0.25) is 4.90 Å². The third-order valence-corrected chi connectivity index (χ3v) is 3.72. The van der Waals surface area contributed by atoms with Gasteiger partial charge in [-0.15, -0.1) is 0 Å². The van der Waals surface area contributed by atoms with E-state index in [0.29, 0.717) is 5.75 Å². The first kappa shape index (κ1) is 10.4. The van der Waals surface area contributed by atoms with E-state index in [9.17, 15) is 0 Å². The van der Waals surface area contributed by atoms with Gasteiger partial charge < -0.3 is 4.74 Å². The predicted octanol–water partition coefficient (Wildman–Crippen LogP) is 5.16. The molecule has 128 valence electrons. The number of rotatable bonds is 8. The van der Waals surface area contributed by atoms with Gasteiger partial charge in [-0.1, -0.05) is 78.7 Å². The summed E-state index contributed by atoms with van der Waals surface area (Å²) in [4.78, 5) is 1.47. The van der Waals surface area contributed by atoms with Crippen LogP contribution < -0.4 is 4.74 Å². The molecule has 0 radical (unpaired) electrons.